The first-order chi connectivity index (χ1) is 14.4. The van der Waals surface area contributed by atoms with Crippen molar-refractivity contribution in [3.8, 4) is 11.3 Å². The number of aromatic nitrogens is 1. The van der Waals surface area contributed by atoms with Gasteiger partial charge < -0.3 is 4.90 Å². The number of nitrogens with zero attached hydrogens (tertiary/aromatic N) is 4. The molecule has 0 amide bonds. The molecule has 0 radical (unpaired) electrons. The average molecular weight is 445 g/mol. The Balaban J connectivity index is 1.45. The second-order valence-electron chi connectivity index (χ2n) is 6.97. The van der Waals surface area contributed by atoms with Gasteiger partial charge in [0, 0.05) is 49.3 Å². The molecule has 30 heavy (non-hydrogen) atoms. The number of nitro benzene ring substituents is 1. The zero-order chi connectivity index (χ0) is 21.3. The Morgan fingerprint density at radius 2 is 1.70 bits per heavy atom. The molecule has 0 saturated carbocycles. The van der Waals surface area contributed by atoms with E-state index in [0.29, 0.717) is 26.2 Å². The summed E-state index contributed by atoms with van der Waals surface area (Å²) in [7, 11) is -3.69. The molecule has 2 aromatic carbocycles. The van der Waals surface area contributed by atoms with E-state index in [1.807, 2.05) is 23.6 Å². The summed E-state index contributed by atoms with van der Waals surface area (Å²) >= 11 is 1.55. The number of aryl methyl sites for hydroxylation is 1. The summed E-state index contributed by atoms with van der Waals surface area (Å²) in [6.45, 7) is 3.78. The van der Waals surface area contributed by atoms with Crippen molar-refractivity contribution in [2.75, 3.05) is 31.1 Å². The lowest BCUT2D eigenvalue weighted by Gasteiger charge is -2.33. The van der Waals surface area contributed by atoms with Gasteiger partial charge in [0.25, 0.3) is 5.69 Å². The van der Waals surface area contributed by atoms with Crippen LogP contribution >= 0.6 is 11.3 Å². The van der Waals surface area contributed by atoms with Crippen LogP contribution in [0.15, 0.2) is 58.8 Å². The van der Waals surface area contributed by atoms with Crippen LogP contribution in [0.1, 0.15) is 5.56 Å². The molecule has 0 unspecified atom stereocenters. The van der Waals surface area contributed by atoms with Gasteiger partial charge in [-0.05, 0) is 24.6 Å². The quantitative estimate of drug-likeness (QED) is 0.441. The van der Waals surface area contributed by atoms with Gasteiger partial charge in [-0.15, -0.1) is 11.3 Å². The molecule has 10 heteroatoms. The van der Waals surface area contributed by atoms with Gasteiger partial charge in [0.15, 0.2) is 5.13 Å². The average Bonchev–Trinajstić information content (AvgIpc) is 3.24. The fourth-order valence-corrected chi connectivity index (χ4v) is 5.70. The predicted molar refractivity (Wildman–Crippen MR) is 116 cm³/mol. The largest absolute Gasteiger partial charge is 0.345 e. The molecule has 2 heterocycles. The highest BCUT2D eigenvalue weighted by Crippen LogP contribution is 2.30. The molecule has 1 saturated heterocycles. The summed E-state index contributed by atoms with van der Waals surface area (Å²) in [6, 6.07) is 13.1. The van der Waals surface area contributed by atoms with Crippen LogP contribution < -0.4 is 4.90 Å². The number of thiazole rings is 1. The number of rotatable bonds is 5. The maximum Gasteiger partial charge on any atom is 0.269 e. The Bertz CT molecular complexity index is 1170. The van der Waals surface area contributed by atoms with E-state index in [-0.39, 0.29) is 10.6 Å². The van der Waals surface area contributed by atoms with E-state index < -0.39 is 14.9 Å². The van der Waals surface area contributed by atoms with Crippen molar-refractivity contribution in [1.29, 1.82) is 0 Å². The van der Waals surface area contributed by atoms with Crippen LogP contribution in [-0.4, -0.2) is 48.8 Å². The summed E-state index contributed by atoms with van der Waals surface area (Å²) in [6.07, 6.45) is 0. The maximum atomic E-state index is 12.9. The number of benzene rings is 2. The van der Waals surface area contributed by atoms with Crippen LogP contribution in [0.5, 0.6) is 0 Å². The van der Waals surface area contributed by atoms with Crippen molar-refractivity contribution in [2.45, 2.75) is 11.8 Å². The predicted octanol–water partition coefficient (Wildman–Crippen LogP) is 3.54. The van der Waals surface area contributed by atoms with Crippen LogP contribution in [0.4, 0.5) is 10.8 Å². The fraction of sp³-hybridized carbons (Fsp3) is 0.250. The summed E-state index contributed by atoms with van der Waals surface area (Å²) in [5.74, 6) is 0. The van der Waals surface area contributed by atoms with Crippen molar-refractivity contribution < 1.29 is 13.3 Å². The van der Waals surface area contributed by atoms with Crippen molar-refractivity contribution in [3.63, 3.8) is 0 Å². The number of nitro groups is 1. The maximum absolute atomic E-state index is 12.9. The molecule has 0 N–H and O–H groups in total. The SMILES string of the molecule is Cc1ccccc1-c1csc(N2CCN(S(=O)(=O)c3ccc([N+](=O)[O-])cc3)CC2)n1. The van der Waals surface area contributed by atoms with Crippen LogP contribution in [-0.2, 0) is 10.0 Å². The lowest BCUT2D eigenvalue weighted by Crippen LogP contribution is -2.48. The van der Waals surface area contributed by atoms with E-state index in [4.69, 9.17) is 4.98 Å². The Morgan fingerprint density at radius 3 is 2.33 bits per heavy atom. The Kier molecular flexibility index (Phi) is 5.54. The molecule has 1 aliphatic rings. The number of anilines is 1. The first kappa shape index (κ1) is 20.5. The molecule has 0 atom stereocenters. The van der Waals surface area contributed by atoms with Gasteiger partial charge in [0.05, 0.1) is 15.5 Å². The van der Waals surface area contributed by atoms with Gasteiger partial charge in [0.1, 0.15) is 0 Å². The van der Waals surface area contributed by atoms with E-state index in [1.165, 1.54) is 28.6 Å². The van der Waals surface area contributed by atoms with Crippen molar-refractivity contribution in [1.82, 2.24) is 9.29 Å². The molecule has 0 spiro atoms. The van der Waals surface area contributed by atoms with E-state index in [9.17, 15) is 18.5 Å². The standard InChI is InChI=1S/C20H20N4O4S2/c1-15-4-2-3-5-18(15)19-14-29-20(21-19)22-10-12-23(13-11-22)30(27,28)17-8-6-16(7-9-17)24(25)26/h2-9,14H,10-13H2,1H3. The third kappa shape index (κ3) is 3.93. The molecule has 1 aromatic heterocycles. The normalized spacial score (nSPS) is 15.3. The summed E-state index contributed by atoms with van der Waals surface area (Å²) in [4.78, 5) is 17.1. The van der Waals surface area contributed by atoms with Gasteiger partial charge in [0.2, 0.25) is 10.0 Å². The molecule has 1 fully saturated rings. The first-order valence-electron chi connectivity index (χ1n) is 9.37. The second kappa shape index (κ2) is 8.13. The minimum absolute atomic E-state index is 0.0673. The van der Waals surface area contributed by atoms with Gasteiger partial charge in [-0.2, -0.15) is 4.31 Å². The van der Waals surface area contributed by atoms with Crippen LogP contribution in [0.25, 0.3) is 11.3 Å². The Labute approximate surface area is 178 Å². The van der Waals surface area contributed by atoms with E-state index >= 15 is 0 Å². The minimum Gasteiger partial charge on any atom is -0.345 e. The molecule has 0 aliphatic carbocycles. The number of sulfonamides is 1. The molecule has 3 aromatic rings. The van der Waals surface area contributed by atoms with E-state index in [2.05, 4.69) is 17.9 Å². The number of non-ortho nitro benzene ring substituents is 1. The van der Waals surface area contributed by atoms with Crippen LogP contribution in [0.3, 0.4) is 0 Å². The Hall–Kier alpha value is -2.82. The number of hydrogen-bond donors (Lipinski definition) is 0. The topological polar surface area (TPSA) is 96.7 Å². The summed E-state index contributed by atoms with van der Waals surface area (Å²) in [5, 5.41) is 13.7. The van der Waals surface area contributed by atoms with Crippen molar-refractivity contribution >= 4 is 32.2 Å². The highest BCUT2D eigenvalue weighted by molar-refractivity contribution is 7.89. The monoisotopic (exact) mass is 444 g/mol. The fourth-order valence-electron chi connectivity index (χ4n) is 3.40. The molecule has 1 aliphatic heterocycles. The number of hydrogen-bond acceptors (Lipinski definition) is 7. The third-order valence-electron chi connectivity index (χ3n) is 5.11. The molecular weight excluding hydrogens is 424 g/mol. The minimum atomic E-state index is -3.69. The molecule has 156 valence electrons. The molecule has 0 bridgehead atoms. The lowest BCUT2D eigenvalue weighted by molar-refractivity contribution is -0.384. The second-order valence-corrected chi connectivity index (χ2v) is 9.75. The van der Waals surface area contributed by atoms with Gasteiger partial charge in [-0.3, -0.25) is 10.1 Å². The Morgan fingerprint density at radius 1 is 1.03 bits per heavy atom. The highest BCUT2D eigenvalue weighted by Gasteiger charge is 2.29. The zero-order valence-electron chi connectivity index (χ0n) is 16.3. The molecular formula is C20H20N4O4S2. The van der Waals surface area contributed by atoms with Gasteiger partial charge in [-0.25, -0.2) is 13.4 Å². The lowest BCUT2D eigenvalue weighted by atomic mass is 10.1. The van der Waals surface area contributed by atoms with Gasteiger partial charge in [-0.1, -0.05) is 24.3 Å². The van der Waals surface area contributed by atoms with Crippen LogP contribution in [0.2, 0.25) is 0 Å². The zero-order valence-corrected chi connectivity index (χ0v) is 17.9. The summed E-state index contributed by atoms with van der Waals surface area (Å²) in [5.41, 5.74) is 3.05. The molecule has 4 rings (SSSR count). The van der Waals surface area contributed by atoms with Gasteiger partial charge >= 0.3 is 0 Å². The van der Waals surface area contributed by atoms with E-state index in [0.717, 1.165) is 22.0 Å². The van der Waals surface area contributed by atoms with Crippen molar-refractivity contribution in [3.05, 3.63) is 69.6 Å². The molecule has 8 nitrogen and oxygen atoms in total. The number of piperazine rings is 1. The summed E-state index contributed by atoms with van der Waals surface area (Å²) < 4.78 is 27.1. The van der Waals surface area contributed by atoms with E-state index in [1.54, 1.807) is 11.3 Å². The van der Waals surface area contributed by atoms with Crippen LogP contribution in [0, 0.1) is 17.0 Å². The highest BCUT2D eigenvalue weighted by atomic mass is 32.2. The smallest absolute Gasteiger partial charge is 0.269 e. The first-order valence-corrected chi connectivity index (χ1v) is 11.7. The third-order valence-corrected chi connectivity index (χ3v) is 7.92. The van der Waals surface area contributed by atoms with Crippen molar-refractivity contribution in [2.24, 2.45) is 0 Å².